The van der Waals surface area contributed by atoms with Crippen LogP contribution in [0.3, 0.4) is 0 Å². The molecule has 12 heavy (non-hydrogen) atoms. The van der Waals surface area contributed by atoms with Crippen LogP contribution in [0.5, 0.6) is 0 Å². The van der Waals surface area contributed by atoms with Crippen molar-refractivity contribution >= 4 is 28.3 Å². The van der Waals surface area contributed by atoms with E-state index in [0.717, 1.165) is 0 Å². The van der Waals surface area contributed by atoms with Crippen LogP contribution in [0.25, 0.3) is 0 Å². The summed E-state index contributed by atoms with van der Waals surface area (Å²) in [6.45, 7) is 1.83. The van der Waals surface area contributed by atoms with Gasteiger partial charge in [0.25, 0.3) is 0 Å². The van der Waals surface area contributed by atoms with Gasteiger partial charge in [-0.1, -0.05) is 0 Å². The molecule has 1 amide bonds. The highest BCUT2D eigenvalue weighted by molar-refractivity contribution is 7.84. The molecule has 0 bridgehead atoms. The molecule has 0 aromatic carbocycles. The molecular weight excluding hydrogens is 198 g/mol. The number of rotatable bonds is 5. The molecule has 0 aliphatic rings. The van der Waals surface area contributed by atoms with E-state index in [9.17, 15) is 9.00 Å². The quantitative estimate of drug-likeness (QED) is 0.674. The van der Waals surface area contributed by atoms with Gasteiger partial charge in [-0.15, -0.1) is 11.6 Å². The highest BCUT2D eigenvalue weighted by Crippen LogP contribution is 1.89. The number of alkyl halides is 1. The zero-order valence-electron chi connectivity index (χ0n) is 7.30. The Hall–Kier alpha value is -0.0900. The Morgan fingerprint density at radius 3 is 2.67 bits per heavy atom. The van der Waals surface area contributed by atoms with Gasteiger partial charge in [0.05, 0.1) is 0 Å². The summed E-state index contributed by atoms with van der Waals surface area (Å²) in [5.74, 6) is 0.741. The monoisotopic (exact) mass is 211 g/mol. The first-order chi connectivity index (χ1) is 5.56. The zero-order chi connectivity index (χ0) is 9.56. The lowest BCUT2D eigenvalue weighted by atomic mass is 10.3. The summed E-state index contributed by atoms with van der Waals surface area (Å²) in [6, 6.07) is -0.0356. The van der Waals surface area contributed by atoms with Crippen LogP contribution in [0.2, 0.25) is 0 Å². The summed E-state index contributed by atoms with van der Waals surface area (Å²) in [7, 11) is -0.864. The summed E-state index contributed by atoms with van der Waals surface area (Å²) >= 11 is 5.36. The van der Waals surface area contributed by atoms with E-state index in [-0.39, 0.29) is 11.9 Å². The molecule has 0 fully saturated rings. The van der Waals surface area contributed by atoms with Gasteiger partial charge >= 0.3 is 0 Å². The van der Waals surface area contributed by atoms with E-state index in [1.807, 2.05) is 6.92 Å². The first kappa shape index (κ1) is 11.9. The third-order valence-electron chi connectivity index (χ3n) is 1.21. The molecule has 1 N–H and O–H groups in total. The summed E-state index contributed by atoms with van der Waals surface area (Å²) in [5, 5.41) is 2.70. The van der Waals surface area contributed by atoms with E-state index in [1.165, 1.54) is 0 Å². The largest absolute Gasteiger partial charge is 0.353 e. The average molecular weight is 212 g/mol. The van der Waals surface area contributed by atoms with Gasteiger partial charge < -0.3 is 5.32 Å². The first-order valence-corrected chi connectivity index (χ1v) is 5.97. The van der Waals surface area contributed by atoms with Crippen molar-refractivity contribution in [2.45, 2.75) is 19.4 Å². The maximum Gasteiger partial charge on any atom is 0.221 e. The van der Waals surface area contributed by atoms with Crippen LogP contribution in [0.4, 0.5) is 0 Å². The number of halogens is 1. The molecule has 3 nitrogen and oxygen atoms in total. The van der Waals surface area contributed by atoms with Crippen molar-refractivity contribution in [2.75, 3.05) is 17.9 Å². The van der Waals surface area contributed by atoms with Gasteiger partial charge in [-0.05, 0) is 6.92 Å². The Labute approximate surface area is 80.3 Å². The Kier molecular flexibility index (Phi) is 6.38. The van der Waals surface area contributed by atoms with E-state index < -0.39 is 10.8 Å². The molecule has 0 spiro atoms. The predicted molar refractivity (Wildman–Crippen MR) is 51.9 cm³/mol. The summed E-state index contributed by atoms with van der Waals surface area (Å²) in [4.78, 5) is 10.9. The molecule has 0 aliphatic carbocycles. The number of carbonyl (C=O) groups excluding carboxylic acids is 1. The van der Waals surface area contributed by atoms with Crippen molar-refractivity contribution in [1.82, 2.24) is 5.32 Å². The minimum absolute atomic E-state index is 0.0356. The van der Waals surface area contributed by atoms with Crippen molar-refractivity contribution in [3.05, 3.63) is 0 Å². The maximum atomic E-state index is 10.9. The van der Waals surface area contributed by atoms with Gasteiger partial charge in [-0.2, -0.15) is 0 Å². The number of amides is 1. The van der Waals surface area contributed by atoms with Crippen LogP contribution in [0.1, 0.15) is 13.3 Å². The molecule has 2 atom stereocenters. The molecule has 0 rings (SSSR count). The van der Waals surface area contributed by atoms with Crippen molar-refractivity contribution < 1.29 is 9.00 Å². The molecule has 0 saturated heterocycles. The van der Waals surface area contributed by atoms with Crippen LogP contribution < -0.4 is 5.32 Å². The zero-order valence-corrected chi connectivity index (χ0v) is 8.87. The maximum absolute atomic E-state index is 10.9. The second-order valence-electron chi connectivity index (χ2n) is 2.65. The molecule has 0 radical (unpaired) electrons. The van der Waals surface area contributed by atoms with Crippen LogP contribution >= 0.6 is 11.6 Å². The lowest BCUT2D eigenvalue weighted by Gasteiger charge is -2.11. The third kappa shape index (κ3) is 6.61. The van der Waals surface area contributed by atoms with E-state index in [0.29, 0.717) is 18.1 Å². The van der Waals surface area contributed by atoms with Gasteiger partial charge in [-0.25, -0.2) is 0 Å². The number of carbonyl (C=O) groups is 1. The lowest BCUT2D eigenvalue weighted by Crippen LogP contribution is -2.36. The second kappa shape index (κ2) is 6.43. The molecule has 0 aromatic heterocycles. The molecule has 72 valence electrons. The number of hydrogen-bond acceptors (Lipinski definition) is 2. The van der Waals surface area contributed by atoms with Crippen molar-refractivity contribution in [1.29, 1.82) is 0 Å². The fourth-order valence-corrected chi connectivity index (χ4v) is 1.79. The van der Waals surface area contributed by atoms with E-state index >= 15 is 0 Å². The molecule has 0 saturated carbocycles. The Bertz CT molecular complexity index is 175. The Morgan fingerprint density at radius 2 is 2.25 bits per heavy atom. The highest BCUT2D eigenvalue weighted by atomic mass is 35.5. The van der Waals surface area contributed by atoms with Gasteiger partial charge in [0, 0.05) is 41.2 Å². The minimum Gasteiger partial charge on any atom is -0.353 e. The SMILES string of the molecule is CC(CS(C)=O)NC(=O)CCCl. The van der Waals surface area contributed by atoms with E-state index in [1.54, 1.807) is 6.26 Å². The fraction of sp³-hybridized carbons (Fsp3) is 0.857. The topological polar surface area (TPSA) is 46.2 Å². The normalized spacial score (nSPS) is 15.2. The van der Waals surface area contributed by atoms with Crippen LogP contribution in [0, 0.1) is 0 Å². The first-order valence-electron chi connectivity index (χ1n) is 3.71. The summed E-state index contributed by atoms with van der Waals surface area (Å²) in [5.41, 5.74) is 0. The second-order valence-corrected chi connectivity index (χ2v) is 4.51. The van der Waals surface area contributed by atoms with Crippen LogP contribution in [-0.2, 0) is 15.6 Å². The predicted octanol–water partition coefficient (Wildman–Crippen LogP) is 0.498. The Balaban J connectivity index is 3.61. The van der Waals surface area contributed by atoms with Crippen molar-refractivity contribution in [3.8, 4) is 0 Å². The summed E-state index contributed by atoms with van der Waals surface area (Å²) < 4.78 is 10.7. The number of hydrogen-bond donors (Lipinski definition) is 1. The molecule has 0 heterocycles. The van der Waals surface area contributed by atoms with E-state index in [4.69, 9.17) is 11.6 Å². The minimum atomic E-state index is -0.864. The van der Waals surface area contributed by atoms with Gasteiger partial charge in [-0.3, -0.25) is 9.00 Å². The lowest BCUT2D eigenvalue weighted by molar-refractivity contribution is -0.121. The van der Waals surface area contributed by atoms with Crippen LogP contribution in [0.15, 0.2) is 0 Å². The summed E-state index contributed by atoms with van der Waals surface area (Å²) in [6.07, 6.45) is 1.94. The van der Waals surface area contributed by atoms with Crippen LogP contribution in [-0.4, -0.2) is 34.0 Å². The van der Waals surface area contributed by atoms with Gasteiger partial charge in [0.1, 0.15) is 0 Å². The van der Waals surface area contributed by atoms with E-state index in [2.05, 4.69) is 5.32 Å². The molecular formula is C7H14ClNO2S. The molecule has 0 aromatic rings. The fourth-order valence-electron chi connectivity index (χ4n) is 0.827. The number of nitrogens with one attached hydrogen (secondary N) is 1. The average Bonchev–Trinajstić information content (AvgIpc) is 1.84. The molecule has 0 aliphatic heterocycles. The van der Waals surface area contributed by atoms with Gasteiger partial charge in [0.2, 0.25) is 5.91 Å². The Morgan fingerprint density at radius 1 is 1.67 bits per heavy atom. The molecule has 2 unspecified atom stereocenters. The third-order valence-corrected chi connectivity index (χ3v) is 2.37. The standard InChI is InChI=1S/C7H14ClNO2S/c1-6(5-12(2)11)9-7(10)3-4-8/h6H,3-5H2,1-2H3,(H,9,10). The van der Waals surface area contributed by atoms with Gasteiger partial charge in [0.15, 0.2) is 0 Å². The van der Waals surface area contributed by atoms with Crippen molar-refractivity contribution in [3.63, 3.8) is 0 Å². The highest BCUT2D eigenvalue weighted by Gasteiger charge is 2.07. The smallest absolute Gasteiger partial charge is 0.221 e. The van der Waals surface area contributed by atoms with Crippen molar-refractivity contribution in [2.24, 2.45) is 0 Å². The molecule has 5 heteroatoms.